The van der Waals surface area contributed by atoms with Gasteiger partial charge >= 0.3 is 6.03 Å². The zero-order chi connectivity index (χ0) is 58.8. The first-order chi connectivity index (χ1) is 37.4. The van der Waals surface area contributed by atoms with Crippen LogP contribution in [0.1, 0.15) is 125 Å². The van der Waals surface area contributed by atoms with Crippen LogP contribution in [0.25, 0.3) is 22.4 Å². The van der Waals surface area contributed by atoms with Crippen LogP contribution >= 0.6 is 0 Å². The van der Waals surface area contributed by atoms with Crippen LogP contribution < -0.4 is 43.5 Å². The van der Waals surface area contributed by atoms with Crippen LogP contribution in [0.3, 0.4) is 0 Å². The Morgan fingerprint density at radius 1 is 0.975 bits per heavy atom. The van der Waals surface area contributed by atoms with Gasteiger partial charge in [0.1, 0.15) is 24.0 Å². The van der Waals surface area contributed by atoms with Gasteiger partial charge in [0.15, 0.2) is 17.5 Å². The van der Waals surface area contributed by atoms with Gasteiger partial charge in [-0.25, -0.2) is 34.0 Å². The number of hydroxylamine groups is 1. The quantitative estimate of drug-likeness (QED) is 0.00971. The predicted octanol–water partition coefficient (Wildman–Crippen LogP) is 7.42. The van der Waals surface area contributed by atoms with Crippen molar-refractivity contribution in [3.05, 3.63) is 66.1 Å². The van der Waals surface area contributed by atoms with Crippen LogP contribution in [0.2, 0.25) is 0 Å². The van der Waals surface area contributed by atoms with E-state index in [1.165, 1.54) is 44.4 Å². The fourth-order valence-electron chi connectivity index (χ4n) is 7.69. The van der Waals surface area contributed by atoms with E-state index in [1.54, 1.807) is 19.7 Å². The molecule has 2 unspecified atom stereocenters. The minimum atomic E-state index is -0.526. The topological polar surface area (TPSA) is 309 Å². The number of aldehydes is 2. The number of likely N-dealkylation sites (N-methyl/N-ethyl adjacent to an activating group) is 1. The summed E-state index contributed by atoms with van der Waals surface area (Å²) in [6.45, 7) is 19.0. The van der Waals surface area contributed by atoms with Crippen molar-refractivity contribution in [2.75, 3.05) is 57.6 Å². The largest absolute Gasteiger partial charge is 0.528 e. The first kappa shape index (κ1) is 73.4. The monoisotopic (exact) mass is 1360 g/mol. The first-order valence-electron chi connectivity index (χ1n) is 26.5. The van der Waals surface area contributed by atoms with Crippen LogP contribution in [0.5, 0.6) is 0 Å². The molecule has 0 spiro atoms. The molecule has 21 nitrogen and oxygen atoms in total. The maximum absolute atomic E-state index is 14.3. The number of nitrogens with one attached hydrogen (secondary N) is 7. The van der Waals surface area contributed by atoms with Gasteiger partial charge in [0.05, 0.1) is 43.9 Å². The molecule has 3 heterocycles. The number of nitrogens with zero attached hydrogens (tertiary/aromatic N) is 3. The van der Waals surface area contributed by atoms with Gasteiger partial charge in [0, 0.05) is 62.0 Å². The fourth-order valence-corrected chi connectivity index (χ4v) is 7.69. The molecule has 2 atom stereocenters. The number of nitrogens with two attached hydrogens (primary N) is 2. The Balaban J connectivity index is 0. The number of H-pyrrole nitrogens is 1. The van der Waals surface area contributed by atoms with E-state index in [1.807, 2.05) is 72.9 Å². The van der Waals surface area contributed by atoms with Gasteiger partial charge in [0.25, 0.3) is 0 Å². The molecule has 2 bridgehead atoms. The average molecular weight is 1360 g/mol. The van der Waals surface area contributed by atoms with Crippen molar-refractivity contribution in [2.45, 2.75) is 144 Å². The Bertz CT molecular complexity index is 2260. The number of aromatic amines is 1. The van der Waals surface area contributed by atoms with Crippen molar-refractivity contribution in [1.82, 2.24) is 41.4 Å². The van der Waals surface area contributed by atoms with E-state index in [0.29, 0.717) is 87.1 Å². The second-order valence-electron chi connectivity index (χ2n) is 19.1. The molecule has 7 rings (SSSR count). The molecule has 3 aliphatic carbocycles. The first-order valence-corrected chi connectivity index (χ1v) is 26.5. The summed E-state index contributed by atoms with van der Waals surface area (Å²) in [7, 11) is 3.58. The summed E-state index contributed by atoms with van der Waals surface area (Å²) in [6.07, 6.45) is 18.3. The molecule has 11 N–H and O–H groups in total. The predicted molar refractivity (Wildman–Crippen MR) is 301 cm³/mol. The molecule has 450 valence electrons. The molecule has 3 aromatic heterocycles. The summed E-state index contributed by atoms with van der Waals surface area (Å²) in [5.74, 6) is 1.02. The SMILES string of the molecule is CC.CC(C)(CC=O)CCOCCOC(C)(C)CN[C-]=O.CCC.CNC(C=O)CCCNC(N)=O.CNc1ccc(CONC=O)cc1.Fc1cnc2[nH]cc(-c3ncc(F)c(NC4CC5CCC4CC5)n3)c2c1.NC=O.[Fm]. The molecular formula is C55H89F2FmN12O9-. The van der Waals surface area contributed by atoms with Gasteiger partial charge < -0.3 is 66.9 Å². The van der Waals surface area contributed by atoms with Gasteiger partial charge in [-0.3, -0.25) is 14.4 Å². The number of carbonyl (C=O) groups excluding carboxylic acids is 6. The molecule has 0 radical (unpaired) electrons. The number of amides is 5. The molecule has 3 fully saturated rings. The number of urea groups is 1. The van der Waals surface area contributed by atoms with E-state index in [0.717, 1.165) is 55.2 Å². The number of rotatable bonds is 26. The molecular weight excluding hydrogens is 1270 g/mol. The molecule has 3 aliphatic rings. The number of hydrogen-bond donors (Lipinski definition) is 9. The second-order valence-corrected chi connectivity index (χ2v) is 19.1. The fraction of sp³-hybridized carbons (Fsp3) is 0.582. The number of primary amides is 2. The minimum Gasteiger partial charge on any atom is -0.528 e. The Kier molecular flexibility index (Phi) is 40.2. The van der Waals surface area contributed by atoms with E-state index < -0.39 is 23.3 Å². The molecule has 5 amide bonds. The molecule has 1 aromatic carbocycles. The van der Waals surface area contributed by atoms with Crippen LogP contribution in [-0.2, 0) is 44.9 Å². The number of hydrogen-bond acceptors (Lipinski definition) is 15. The van der Waals surface area contributed by atoms with E-state index in [-0.39, 0.29) is 29.7 Å². The number of benzene rings is 1. The van der Waals surface area contributed by atoms with E-state index in [4.69, 9.17) is 24.8 Å². The zero-order valence-electron chi connectivity index (χ0n) is 47.8. The number of fused-ring (bicyclic) bond motifs is 4. The molecule has 0 saturated heterocycles. The van der Waals surface area contributed by atoms with Crippen molar-refractivity contribution in [2.24, 2.45) is 28.7 Å². The summed E-state index contributed by atoms with van der Waals surface area (Å²) in [5.41, 5.74) is 13.9. The normalized spacial score (nSPS) is 15.0. The molecule has 24 heteroatoms. The van der Waals surface area contributed by atoms with E-state index in [2.05, 4.69) is 71.6 Å². The summed E-state index contributed by atoms with van der Waals surface area (Å²) < 4.78 is 38.9. The summed E-state index contributed by atoms with van der Waals surface area (Å²) in [6, 6.07) is 8.74. The summed E-state index contributed by atoms with van der Waals surface area (Å²) >= 11 is 0. The molecule has 0 aliphatic heterocycles. The van der Waals surface area contributed by atoms with Crippen molar-refractivity contribution < 1.29 is 51.9 Å². The number of halogens is 2. The zero-order valence-corrected chi connectivity index (χ0v) is 50.2. The van der Waals surface area contributed by atoms with Crippen molar-refractivity contribution in [3.63, 3.8) is 0 Å². The summed E-state index contributed by atoms with van der Waals surface area (Å²) in [5, 5.41) is 14.6. The Morgan fingerprint density at radius 3 is 2.18 bits per heavy atom. The maximum atomic E-state index is 14.3. The maximum Gasteiger partial charge on any atom is 0.312 e. The van der Waals surface area contributed by atoms with Gasteiger partial charge in [-0.1, -0.05) is 72.9 Å². The standard InChI is InChI=1S/C19H19F2N5.C14H26NO4.C9H12N2O2.C7H15N3O2.C3H8.C2H6.CH3NO.Fm/c20-12-6-13-14(8-23-17(13)22-7-12)18-24-9-15(21)19(26-18)25-16-5-10-1-3-11(16)4-2-10;1-13(2,5-7-16)6-8-18-9-10-19-14(3,4)11-15-12-17;1-10-9-4-2-8(3-5-9)6-13-11-7-12;1-9-6(5-11)3-2-4-10-7(8)12;1-3-2;1-2;2-1-3;/h6-11,16H,1-5H2,(H,22,23)(H,24,25,26);7H,5-6,8-11H2,1-4H3,(H,15,17);2-5,7,10H,6H2,1H3,(H,11,12);5-6,9H,2-4H2,1H3,(H3,8,10,12);3H2,1-2H3;1-2H3;1H,(H2,2,3);/q;-1;;;;;;. The second kappa shape index (κ2) is 43.3. The number of anilines is 2. The van der Waals surface area contributed by atoms with Crippen LogP contribution in [0.4, 0.5) is 25.1 Å². The number of ether oxygens (including phenoxy) is 2. The molecule has 3 saturated carbocycles. The number of aromatic nitrogens is 4. The van der Waals surface area contributed by atoms with Crippen LogP contribution in [0, 0.1) is 28.9 Å². The minimum absolute atomic E-state index is 0. The smallest absolute Gasteiger partial charge is 0.312 e. The summed E-state index contributed by atoms with van der Waals surface area (Å²) in [4.78, 5) is 79.8. The van der Waals surface area contributed by atoms with E-state index in [9.17, 15) is 32.8 Å². The molecule has 79 heavy (non-hydrogen) atoms. The van der Waals surface area contributed by atoms with Gasteiger partial charge in [-0.2, -0.15) is 6.41 Å². The van der Waals surface area contributed by atoms with Gasteiger partial charge in [0.2, 0.25) is 12.8 Å². The van der Waals surface area contributed by atoms with Crippen molar-refractivity contribution >= 4 is 60.4 Å². The Labute approximate surface area is 460 Å². The van der Waals surface area contributed by atoms with Crippen LogP contribution in [0.15, 0.2) is 48.9 Å². The van der Waals surface area contributed by atoms with Crippen molar-refractivity contribution in [3.8, 4) is 11.4 Å². The van der Waals surface area contributed by atoms with Crippen molar-refractivity contribution in [1.29, 1.82) is 0 Å². The van der Waals surface area contributed by atoms with Crippen LogP contribution in [-0.4, -0.2) is 122 Å². The van der Waals surface area contributed by atoms with Gasteiger partial charge in [-0.05, 0) is 100 Å². The number of carbonyl (C=O) groups is 5. The molecule has 4 aromatic rings. The van der Waals surface area contributed by atoms with E-state index >= 15 is 0 Å². The average Bonchev–Trinajstić information content (AvgIpc) is 3.85. The Morgan fingerprint density at radius 2 is 1.63 bits per heavy atom. The third-order valence-electron chi connectivity index (χ3n) is 11.9. The Hall–Kier alpha value is -7.69. The number of pyridine rings is 1. The van der Waals surface area contributed by atoms with Gasteiger partial charge in [-0.15, -0.1) is 0 Å². The third-order valence-corrected chi connectivity index (χ3v) is 11.9. The third kappa shape index (κ3) is 32.0.